The third-order valence-corrected chi connectivity index (χ3v) is 6.04. The predicted molar refractivity (Wildman–Crippen MR) is 100 cm³/mol. The summed E-state index contributed by atoms with van der Waals surface area (Å²) in [5, 5.41) is 5.92. The molecular weight excluding hydrogens is 376 g/mol. The molecule has 0 bridgehead atoms. The van der Waals surface area contributed by atoms with E-state index < -0.39 is 21.8 Å². The Hall–Kier alpha value is -2.38. The number of halogens is 1. The Labute approximate surface area is 156 Å². The molecule has 0 radical (unpaired) electrons. The van der Waals surface area contributed by atoms with E-state index >= 15 is 0 Å². The number of hydrogen-bond donors (Lipinski definition) is 2. The maximum Gasteiger partial charge on any atom is 0.255 e. The number of rotatable bonds is 4. The Balaban J connectivity index is 1.69. The second-order valence-corrected chi connectivity index (χ2v) is 8.78. The van der Waals surface area contributed by atoms with E-state index in [9.17, 15) is 18.0 Å². The summed E-state index contributed by atoms with van der Waals surface area (Å²) in [6, 6.07) is 12.6. The van der Waals surface area contributed by atoms with Crippen LogP contribution in [0.5, 0.6) is 0 Å². The first-order valence-corrected chi connectivity index (χ1v) is 10.2. The van der Waals surface area contributed by atoms with Gasteiger partial charge in [-0.1, -0.05) is 23.7 Å². The highest BCUT2D eigenvalue weighted by atomic mass is 35.5. The average Bonchev–Trinajstić information content (AvgIpc) is 2.93. The van der Waals surface area contributed by atoms with Crippen molar-refractivity contribution in [3.8, 4) is 0 Å². The van der Waals surface area contributed by atoms with Crippen molar-refractivity contribution in [1.29, 1.82) is 0 Å². The summed E-state index contributed by atoms with van der Waals surface area (Å²) in [7, 11) is -3.07. The van der Waals surface area contributed by atoms with E-state index in [1.165, 1.54) is 6.07 Å². The Morgan fingerprint density at radius 3 is 2.35 bits per heavy atom. The Bertz CT molecular complexity index is 959. The van der Waals surface area contributed by atoms with Crippen LogP contribution in [0, 0.1) is 0 Å². The van der Waals surface area contributed by atoms with Gasteiger partial charge in [-0.3, -0.25) is 9.59 Å². The van der Waals surface area contributed by atoms with Crippen molar-refractivity contribution in [3.05, 3.63) is 64.7 Å². The van der Waals surface area contributed by atoms with Crippen molar-refractivity contribution in [3.63, 3.8) is 0 Å². The monoisotopic (exact) mass is 392 g/mol. The number of amides is 2. The number of hydrogen-bond acceptors (Lipinski definition) is 4. The van der Waals surface area contributed by atoms with Crippen LogP contribution in [-0.4, -0.2) is 37.8 Å². The first-order chi connectivity index (χ1) is 12.3. The molecule has 1 saturated heterocycles. The van der Waals surface area contributed by atoms with Crippen LogP contribution in [0.15, 0.2) is 48.5 Å². The minimum atomic E-state index is -3.07. The van der Waals surface area contributed by atoms with Crippen LogP contribution in [0.25, 0.3) is 0 Å². The molecule has 1 fully saturated rings. The van der Waals surface area contributed by atoms with Gasteiger partial charge in [0, 0.05) is 27.9 Å². The Morgan fingerprint density at radius 1 is 1.00 bits per heavy atom. The van der Waals surface area contributed by atoms with E-state index in [-0.39, 0.29) is 17.4 Å². The highest BCUT2D eigenvalue weighted by Crippen LogP contribution is 2.17. The maximum absolute atomic E-state index is 12.4. The molecule has 2 N–H and O–H groups in total. The molecule has 6 nitrogen and oxygen atoms in total. The van der Waals surface area contributed by atoms with Crippen molar-refractivity contribution in [2.45, 2.75) is 12.5 Å². The van der Waals surface area contributed by atoms with Crippen LogP contribution >= 0.6 is 11.6 Å². The number of carbonyl (C=O) groups is 2. The molecule has 1 aliphatic rings. The van der Waals surface area contributed by atoms with Crippen LogP contribution in [0.4, 0.5) is 5.69 Å². The summed E-state index contributed by atoms with van der Waals surface area (Å²) in [6.07, 6.45) is 0.406. The highest BCUT2D eigenvalue weighted by molar-refractivity contribution is 7.91. The van der Waals surface area contributed by atoms with Crippen LogP contribution in [0.3, 0.4) is 0 Å². The normalized spacial score (nSPS) is 18.3. The predicted octanol–water partition coefficient (Wildman–Crippen LogP) is 2.51. The second-order valence-electron chi connectivity index (χ2n) is 6.12. The van der Waals surface area contributed by atoms with Gasteiger partial charge in [-0.25, -0.2) is 8.42 Å². The zero-order valence-electron chi connectivity index (χ0n) is 13.7. The fourth-order valence-electron chi connectivity index (χ4n) is 2.75. The zero-order chi connectivity index (χ0) is 18.7. The smallest absolute Gasteiger partial charge is 0.255 e. The lowest BCUT2D eigenvalue weighted by Gasteiger charge is -2.11. The molecule has 1 unspecified atom stereocenters. The molecule has 3 rings (SSSR count). The molecule has 8 heteroatoms. The number of benzene rings is 2. The fourth-order valence-corrected chi connectivity index (χ4v) is 4.61. The van der Waals surface area contributed by atoms with Crippen LogP contribution in [0.1, 0.15) is 27.1 Å². The number of nitrogens with one attached hydrogen (secondary N) is 2. The largest absolute Gasteiger partial charge is 0.348 e. The average molecular weight is 393 g/mol. The standard InChI is InChI=1S/C18H17ClN2O4S/c19-14-5-2-6-15(10-14)20-17(22)12-3-1-4-13(9-12)18(23)21-16-7-8-26(24,25)11-16/h1-6,9-10,16H,7-8,11H2,(H,20,22)(H,21,23). The first kappa shape index (κ1) is 18.4. The summed E-state index contributed by atoms with van der Waals surface area (Å²) < 4.78 is 23.0. The van der Waals surface area contributed by atoms with Gasteiger partial charge < -0.3 is 10.6 Å². The molecule has 0 saturated carbocycles. The zero-order valence-corrected chi connectivity index (χ0v) is 15.3. The quantitative estimate of drug-likeness (QED) is 0.836. The van der Waals surface area contributed by atoms with Crippen LogP contribution < -0.4 is 10.6 Å². The molecule has 2 amide bonds. The molecule has 2 aromatic rings. The van der Waals surface area contributed by atoms with Crippen molar-refractivity contribution < 1.29 is 18.0 Å². The van der Waals surface area contributed by atoms with Crippen molar-refractivity contribution >= 4 is 38.9 Å². The van der Waals surface area contributed by atoms with Gasteiger partial charge in [-0.05, 0) is 42.8 Å². The van der Waals surface area contributed by atoms with Gasteiger partial charge in [0.15, 0.2) is 9.84 Å². The van der Waals surface area contributed by atoms with Gasteiger partial charge in [-0.15, -0.1) is 0 Å². The van der Waals surface area contributed by atoms with Crippen LogP contribution in [0.2, 0.25) is 5.02 Å². The van der Waals surface area contributed by atoms with Crippen molar-refractivity contribution in [2.75, 3.05) is 16.8 Å². The minimum absolute atomic E-state index is 0.0479. The molecule has 1 aliphatic heterocycles. The topological polar surface area (TPSA) is 92.3 Å². The van der Waals surface area contributed by atoms with E-state index in [0.717, 1.165) is 0 Å². The van der Waals surface area contributed by atoms with E-state index in [1.54, 1.807) is 42.5 Å². The molecule has 0 spiro atoms. The van der Waals surface area contributed by atoms with Crippen molar-refractivity contribution in [2.24, 2.45) is 0 Å². The lowest BCUT2D eigenvalue weighted by atomic mass is 10.1. The van der Waals surface area contributed by atoms with E-state index in [2.05, 4.69) is 10.6 Å². The molecule has 26 heavy (non-hydrogen) atoms. The highest BCUT2D eigenvalue weighted by Gasteiger charge is 2.29. The number of anilines is 1. The van der Waals surface area contributed by atoms with Crippen molar-refractivity contribution in [1.82, 2.24) is 5.32 Å². The maximum atomic E-state index is 12.4. The molecule has 136 valence electrons. The fraction of sp³-hybridized carbons (Fsp3) is 0.222. The van der Waals surface area contributed by atoms with Gasteiger partial charge in [0.25, 0.3) is 11.8 Å². The molecule has 1 heterocycles. The summed E-state index contributed by atoms with van der Waals surface area (Å²) in [4.78, 5) is 24.7. The minimum Gasteiger partial charge on any atom is -0.348 e. The van der Waals surface area contributed by atoms with E-state index in [1.807, 2.05) is 0 Å². The summed E-state index contributed by atoms with van der Waals surface area (Å²) in [6.45, 7) is 0. The van der Waals surface area contributed by atoms with Gasteiger partial charge in [0.05, 0.1) is 11.5 Å². The summed E-state index contributed by atoms with van der Waals surface area (Å²) in [5.74, 6) is -0.733. The summed E-state index contributed by atoms with van der Waals surface area (Å²) >= 11 is 5.90. The van der Waals surface area contributed by atoms with E-state index in [0.29, 0.717) is 28.3 Å². The first-order valence-electron chi connectivity index (χ1n) is 8.01. The molecule has 0 aromatic heterocycles. The molecular formula is C18H17ClN2O4S. The van der Waals surface area contributed by atoms with Gasteiger partial charge >= 0.3 is 0 Å². The third kappa shape index (κ3) is 4.62. The molecule has 2 aromatic carbocycles. The molecule has 1 atom stereocenters. The van der Waals surface area contributed by atoms with Crippen LogP contribution in [-0.2, 0) is 9.84 Å². The third-order valence-electron chi connectivity index (χ3n) is 4.04. The Kier molecular flexibility index (Phi) is 5.29. The Morgan fingerprint density at radius 2 is 1.69 bits per heavy atom. The lowest BCUT2D eigenvalue weighted by molar-refractivity contribution is 0.0941. The van der Waals surface area contributed by atoms with Gasteiger partial charge in [-0.2, -0.15) is 0 Å². The van der Waals surface area contributed by atoms with Gasteiger partial charge in [0.2, 0.25) is 0 Å². The second kappa shape index (κ2) is 7.47. The number of carbonyl (C=O) groups excluding carboxylic acids is 2. The molecule has 0 aliphatic carbocycles. The lowest BCUT2D eigenvalue weighted by Crippen LogP contribution is -2.35. The SMILES string of the molecule is O=C(Nc1cccc(Cl)c1)c1cccc(C(=O)NC2CCS(=O)(=O)C2)c1. The number of sulfone groups is 1. The summed E-state index contributed by atoms with van der Waals surface area (Å²) in [5.41, 5.74) is 1.17. The van der Waals surface area contributed by atoms with Gasteiger partial charge in [0.1, 0.15) is 0 Å². The van der Waals surface area contributed by atoms with E-state index in [4.69, 9.17) is 11.6 Å².